The van der Waals surface area contributed by atoms with Gasteiger partial charge in [0, 0.05) is 0 Å². The quantitative estimate of drug-likeness (QED) is 0.640. The van der Waals surface area contributed by atoms with E-state index in [-0.39, 0.29) is 18.3 Å². The zero-order valence-electron chi connectivity index (χ0n) is 10.9. The fraction of sp³-hybridized carbons (Fsp3) is 0.833. The van der Waals surface area contributed by atoms with Crippen LogP contribution in [0.1, 0.15) is 41.0 Å². The van der Waals surface area contributed by atoms with Gasteiger partial charge < -0.3 is 14.0 Å². The molecule has 0 aromatic rings. The molecule has 0 radical (unpaired) electrons. The van der Waals surface area contributed by atoms with Crippen molar-refractivity contribution in [2.24, 2.45) is 0 Å². The van der Waals surface area contributed by atoms with E-state index in [0.717, 1.165) is 6.42 Å². The van der Waals surface area contributed by atoms with Gasteiger partial charge in [0.25, 0.3) is 0 Å². The number of hydrogen-bond acceptors (Lipinski definition) is 3. The van der Waals surface area contributed by atoms with Gasteiger partial charge in [-0.05, 0) is 46.6 Å². The minimum absolute atomic E-state index is 0.228. The lowest BCUT2D eigenvalue weighted by Crippen LogP contribution is -2.41. The molecule has 0 N–H and O–H groups in total. The van der Waals surface area contributed by atoms with Crippen LogP contribution < -0.4 is 0 Å². The summed E-state index contributed by atoms with van der Waals surface area (Å²) in [5, 5.41) is 0. The third-order valence-electron chi connectivity index (χ3n) is 3.75. The second kappa shape index (κ2) is 3.86. The molecule has 1 unspecified atom stereocenters. The van der Waals surface area contributed by atoms with Crippen molar-refractivity contribution in [2.75, 3.05) is 6.61 Å². The number of rotatable bonds is 1. The fourth-order valence-electron chi connectivity index (χ4n) is 2.00. The maximum atomic E-state index is 5.91. The van der Waals surface area contributed by atoms with Gasteiger partial charge in [-0.2, -0.15) is 0 Å². The van der Waals surface area contributed by atoms with Crippen LogP contribution in [-0.2, 0) is 14.0 Å². The second-order valence-corrected chi connectivity index (χ2v) is 5.78. The van der Waals surface area contributed by atoms with Crippen LogP contribution in [0, 0.1) is 0 Å². The summed E-state index contributed by atoms with van der Waals surface area (Å²) in [6.07, 6.45) is 1.32. The van der Waals surface area contributed by atoms with Crippen LogP contribution in [-0.4, -0.2) is 31.0 Å². The summed E-state index contributed by atoms with van der Waals surface area (Å²) >= 11 is 0. The van der Waals surface area contributed by atoms with E-state index in [1.807, 2.05) is 0 Å². The molecular formula is C12H21BO3. The van der Waals surface area contributed by atoms with E-state index in [9.17, 15) is 0 Å². The Kier molecular flexibility index (Phi) is 2.93. The van der Waals surface area contributed by atoms with Gasteiger partial charge >= 0.3 is 7.12 Å². The summed E-state index contributed by atoms with van der Waals surface area (Å²) < 4.78 is 17.3. The molecule has 2 fully saturated rings. The van der Waals surface area contributed by atoms with E-state index < -0.39 is 0 Å². The lowest BCUT2D eigenvalue weighted by atomic mass is 9.86. The van der Waals surface area contributed by atoms with Crippen molar-refractivity contribution in [1.82, 2.24) is 0 Å². The van der Waals surface area contributed by atoms with Gasteiger partial charge in [0.15, 0.2) is 0 Å². The number of ether oxygens (including phenoxy) is 1. The lowest BCUT2D eigenvalue weighted by molar-refractivity contribution is 0.00578. The molecule has 2 rings (SSSR count). The minimum atomic E-state index is -0.250. The first-order valence-electron chi connectivity index (χ1n) is 5.97. The zero-order chi connectivity index (χ0) is 12.0. The molecule has 0 saturated carbocycles. The van der Waals surface area contributed by atoms with Crippen molar-refractivity contribution < 1.29 is 14.0 Å². The van der Waals surface area contributed by atoms with Crippen molar-refractivity contribution in [1.29, 1.82) is 0 Å². The molecular weight excluding hydrogens is 203 g/mol. The second-order valence-electron chi connectivity index (χ2n) is 5.78. The van der Waals surface area contributed by atoms with Crippen molar-refractivity contribution in [3.8, 4) is 0 Å². The van der Waals surface area contributed by atoms with Gasteiger partial charge in [-0.25, -0.2) is 0 Å². The Hall–Kier alpha value is -0.315. The Morgan fingerprint density at radius 2 is 1.75 bits per heavy atom. The van der Waals surface area contributed by atoms with E-state index in [1.54, 1.807) is 0 Å². The van der Waals surface area contributed by atoms with Crippen molar-refractivity contribution >= 4 is 7.12 Å². The van der Waals surface area contributed by atoms with E-state index in [0.29, 0.717) is 12.7 Å². The summed E-state index contributed by atoms with van der Waals surface area (Å²) in [6.45, 7) is 11.1. The molecule has 1 atom stereocenters. The molecule has 0 aromatic heterocycles. The highest BCUT2D eigenvalue weighted by Gasteiger charge is 2.50. The van der Waals surface area contributed by atoms with Crippen LogP contribution in [0.2, 0.25) is 0 Å². The van der Waals surface area contributed by atoms with Crippen LogP contribution in [0.4, 0.5) is 0 Å². The molecule has 0 bridgehead atoms. The zero-order valence-corrected chi connectivity index (χ0v) is 10.9. The summed E-state index contributed by atoms with van der Waals surface area (Å²) in [4.78, 5) is 0. The molecule has 16 heavy (non-hydrogen) atoms. The average Bonchev–Trinajstić information content (AvgIpc) is 2.56. The predicted molar refractivity (Wildman–Crippen MR) is 64.2 cm³/mol. The molecule has 4 heteroatoms. The van der Waals surface area contributed by atoms with E-state index in [4.69, 9.17) is 14.0 Å². The third-order valence-corrected chi connectivity index (χ3v) is 3.75. The predicted octanol–water partition coefficient (Wildman–Crippen LogP) is 2.35. The van der Waals surface area contributed by atoms with Gasteiger partial charge in [-0.3, -0.25) is 0 Å². The van der Waals surface area contributed by atoms with Gasteiger partial charge in [0.1, 0.15) is 0 Å². The Balaban J connectivity index is 2.04. The smallest absolute Gasteiger partial charge is 0.400 e. The van der Waals surface area contributed by atoms with Crippen molar-refractivity contribution in [2.45, 2.75) is 58.3 Å². The highest BCUT2D eigenvalue weighted by atomic mass is 16.7. The van der Waals surface area contributed by atoms with Crippen LogP contribution in [0.5, 0.6) is 0 Å². The molecule has 2 saturated heterocycles. The molecule has 0 amide bonds. The van der Waals surface area contributed by atoms with Gasteiger partial charge in [0.2, 0.25) is 0 Å². The highest BCUT2D eigenvalue weighted by Crippen LogP contribution is 2.37. The Bertz CT molecular complexity index is 293. The minimum Gasteiger partial charge on any atom is -0.400 e. The summed E-state index contributed by atoms with van der Waals surface area (Å²) in [5.41, 5.74) is 0.783. The van der Waals surface area contributed by atoms with Crippen LogP contribution >= 0.6 is 0 Å². The van der Waals surface area contributed by atoms with Gasteiger partial charge in [0.05, 0.1) is 23.9 Å². The van der Waals surface area contributed by atoms with E-state index in [2.05, 4.69) is 40.6 Å². The molecule has 0 spiro atoms. The third kappa shape index (κ3) is 2.19. The summed E-state index contributed by atoms with van der Waals surface area (Å²) in [5.74, 6) is 2.07. The largest absolute Gasteiger partial charge is 0.487 e. The van der Waals surface area contributed by atoms with Gasteiger partial charge in [-0.15, -0.1) is 0 Å². The first kappa shape index (κ1) is 12.2. The normalized spacial score (nSPS) is 34.9. The summed E-state index contributed by atoms with van der Waals surface area (Å²) in [6, 6.07) is 0. The molecule has 0 aromatic carbocycles. The summed E-state index contributed by atoms with van der Waals surface area (Å²) in [7, 11) is -0.228. The van der Waals surface area contributed by atoms with E-state index >= 15 is 0 Å². The Morgan fingerprint density at radius 3 is 2.19 bits per heavy atom. The molecule has 3 nitrogen and oxygen atoms in total. The molecule has 90 valence electrons. The lowest BCUT2D eigenvalue weighted by Gasteiger charge is -2.32. The molecule has 2 aliphatic heterocycles. The van der Waals surface area contributed by atoms with Crippen LogP contribution in [0.15, 0.2) is 11.5 Å². The topological polar surface area (TPSA) is 27.7 Å². The molecule has 0 aliphatic carbocycles. The van der Waals surface area contributed by atoms with Gasteiger partial charge in [-0.1, -0.05) is 5.98 Å². The first-order valence-corrected chi connectivity index (χ1v) is 5.97. The van der Waals surface area contributed by atoms with Crippen molar-refractivity contribution in [3.63, 3.8) is 0 Å². The highest BCUT2D eigenvalue weighted by molar-refractivity contribution is 6.51. The molecule has 2 aliphatic rings. The SMILES string of the molecule is CC1CC(=CB2OC(C)(C)C(C)(C)O2)CO1. The van der Waals surface area contributed by atoms with Crippen LogP contribution in [0.3, 0.4) is 0 Å². The average molecular weight is 224 g/mol. The molecule has 2 heterocycles. The number of hydrogen-bond donors (Lipinski definition) is 0. The van der Waals surface area contributed by atoms with Crippen molar-refractivity contribution in [3.05, 3.63) is 11.5 Å². The standard InChI is InChI=1S/C12H21BO3/c1-9-6-10(8-14-9)7-13-15-11(2,3)12(4,5)16-13/h7,9H,6,8H2,1-5H3. The maximum Gasteiger partial charge on any atom is 0.487 e. The fourth-order valence-corrected chi connectivity index (χ4v) is 2.00. The van der Waals surface area contributed by atoms with E-state index in [1.165, 1.54) is 5.57 Å². The van der Waals surface area contributed by atoms with Crippen LogP contribution in [0.25, 0.3) is 0 Å². The first-order chi connectivity index (χ1) is 7.30. The Morgan fingerprint density at radius 1 is 1.19 bits per heavy atom. The maximum absolute atomic E-state index is 5.91. The monoisotopic (exact) mass is 224 g/mol. The Labute approximate surface area is 98.3 Å².